The van der Waals surface area contributed by atoms with Gasteiger partial charge in [0.15, 0.2) is 6.10 Å². The number of carbonyl (C=O) groups excluding carboxylic acids is 2. The lowest BCUT2D eigenvalue weighted by Gasteiger charge is -2.29. The molecule has 0 radical (unpaired) electrons. The number of amides is 2. The van der Waals surface area contributed by atoms with E-state index in [1.165, 1.54) is 11.0 Å². The average Bonchev–Trinajstić information content (AvgIpc) is 3.28. The summed E-state index contributed by atoms with van der Waals surface area (Å²) in [7, 11) is 0. The number of hydroxylamine groups is 1. The van der Waals surface area contributed by atoms with Crippen LogP contribution in [-0.4, -0.2) is 17.9 Å². The Balaban J connectivity index is 1.60. The second kappa shape index (κ2) is 7.59. The molecule has 5 nitrogen and oxygen atoms in total. The number of hydrogen-bond acceptors (Lipinski definition) is 4. The molecule has 7 heteroatoms. The van der Waals surface area contributed by atoms with Gasteiger partial charge in [0, 0.05) is 0 Å². The Kier molecular flexibility index (Phi) is 4.87. The van der Waals surface area contributed by atoms with Crippen LogP contribution in [0.4, 0.5) is 15.8 Å². The molecule has 0 bridgehead atoms. The van der Waals surface area contributed by atoms with Crippen molar-refractivity contribution in [1.29, 1.82) is 0 Å². The molecule has 2 amide bonds. The van der Waals surface area contributed by atoms with Crippen LogP contribution >= 0.6 is 15.9 Å². The lowest BCUT2D eigenvalue weighted by molar-refractivity contribution is -0.126. The van der Waals surface area contributed by atoms with Gasteiger partial charge in [-0.25, -0.2) is 14.4 Å². The van der Waals surface area contributed by atoms with Gasteiger partial charge in [-0.15, -0.1) is 0 Å². The van der Waals surface area contributed by atoms with Gasteiger partial charge in [-0.2, -0.15) is 0 Å². The summed E-state index contributed by atoms with van der Waals surface area (Å²) < 4.78 is 14.2. The zero-order chi connectivity index (χ0) is 21.7. The first kappa shape index (κ1) is 19.9. The van der Waals surface area contributed by atoms with E-state index in [2.05, 4.69) is 15.9 Å². The summed E-state index contributed by atoms with van der Waals surface area (Å²) in [5.74, 6) is -1.89. The van der Waals surface area contributed by atoms with Gasteiger partial charge >= 0.3 is 0 Å². The minimum atomic E-state index is -0.956. The van der Waals surface area contributed by atoms with E-state index in [-0.39, 0.29) is 10.4 Å². The van der Waals surface area contributed by atoms with Gasteiger partial charge < -0.3 is 0 Å². The largest absolute Gasteiger partial charge is 0.273 e. The first-order valence-corrected chi connectivity index (χ1v) is 10.7. The Morgan fingerprint density at radius 2 is 1.61 bits per heavy atom. The van der Waals surface area contributed by atoms with Crippen LogP contribution in [0.1, 0.15) is 17.2 Å². The normalized spacial score (nSPS) is 22.9. The fraction of sp³-hybridized carbons (Fsp3) is 0.167. The highest BCUT2D eigenvalue weighted by molar-refractivity contribution is 9.10. The maximum atomic E-state index is 13.9. The molecular formula is C24H18BrFN2O3. The number of rotatable bonds is 3. The number of imide groups is 1. The molecule has 31 heavy (non-hydrogen) atoms. The van der Waals surface area contributed by atoms with E-state index in [0.29, 0.717) is 16.9 Å². The van der Waals surface area contributed by atoms with Crippen molar-refractivity contribution in [3.63, 3.8) is 0 Å². The predicted molar refractivity (Wildman–Crippen MR) is 118 cm³/mol. The molecule has 2 saturated heterocycles. The van der Waals surface area contributed by atoms with Gasteiger partial charge in [0.2, 0.25) is 5.91 Å². The number of para-hydroxylation sites is 1. The van der Waals surface area contributed by atoms with Gasteiger partial charge in [-0.1, -0.05) is 42.0 Å². The molecule has 2 aliphatic rings. The molecular weight excluding hydrogens is 463 g/mol. The third-order valence-corrected chi connectivity index (χ3v) is 6.31. The van der Waals surface area contributed by atoms with Gasteiger partial charge in [-0.05, 0) is 64.8 Å². The van der Waals surface area contributed by atoms with Crippen molar-refractivity contribution < 1.29 is 18.8 Å². The highest BCUT2D eigenvalue weighted by Gasteiger charge is 2.60. The molecule has 0 saturated carbocycles. The van der Waals surface area contributed by atoms with E-state index in [0.717, 1.165) is 5.56 Å². The Labute approximate surface area is 187 Å². The monoisotopic (exact) mass is 480 g/mol. The molecule has 3 atom stereocenters. The van der Waals surface area contributed by atoms with Crippen LogP contribution in [0, 0.1) is 18.7 Å². The Bertz CT molecular complexity index is 1170. The molecule has 3 aromatic rings. The standard InChI is InChI=1S/C24H18BrFN2O3/c1-14-7-10-16(11-8-14)27-23(29)20-21(15-9-12-19(26)18(25)13-15)28(31-22(20)24(27)30)17-5-3-2-4-6-17/h2-13,20-22H,1H3/t20-,21+,22+/m1/s1. The number of halogens is 2. The first-order chi connectivity index (χ1) is 15.0. The van der Waals surface area contributed by atoms with Gasteiger partial charge in [0.1, 0.15) is 11.7 Å². The van der Waals surface area contributed by atoms with Crippen LogP contribution in [0.15, 0.2) is 77.3 Å². The topological polar surface area (TPSA) is 49.9 Å². The minimum absolute atomic E-state index is 0.286. The van der Waals surface area contributed by atoms with E-state index in [1.54, 1.807) is 29.3 Å². The Morgan fingerprint density at radius 1 is 0.903 bits per heavy atom. The quantitative estimate of drug-likeness (QED) is 0.497. The van der Waals surface area contributed by atoms with Crippen molar-refractivity contribution in [3.8, 4) is 0 Å². The SMILES string of the molecule is Cc1ccc(N2C(=O)[C@H]3[C@H](ON(c4ccccc4)[C@H]3c3ccc(F)c(Br)c3)C2=O)cc1. The third kappa shape index (κ3) is 3.25. The van der Waals surface area contributed by atoms with E-state index in [1.807, 2.05) is 49.4 Å². The highest BCUT2D eigenvalue weighted by Crippen LogP contribution is 2.48. The van der Waals surface area contributed by atoms with Crippen molar-refractivity contribution in [1.82, 2.24) is 0 Å². The van der Waals surface area contributed by atoms with Crippen LogP contribution < -0.4 is 9.96 Å². The molecule has 5 rings (SSSR count). The fourth-order valence-corrected chi connectivity index (χ4v) is 4.59. The smallest absolute Gasteiger partial charge is 0.266 e. The Morgan fingerprint density at radius 3 is 2.29 bits per heavy atom. The summed E-state index contributed by atoms with van der Waals surface area (Å²) in [5.41, 5.74) is 2.94. The zero-order valence-electron chi connectivity index (χ0n) is 16.5. The number of nitrogens with zero attached hydrogens (tertiary/aromatic N) is 2. The van der Waals surface area contributed by atoms with Crippen LogP contribution in [0.2, 0.25) is 0 Å². The van der Waals surface area contributed by atoms with E-state index >= 15 is 0 Å². The summed E-state index contributed by atoms with van der Waals surface area (Å²) in [6.07, 6.45) is -0.956. The van der Waals surface area contributed by atoms with E-state index in [4.69, 9.17) is 4.84 Å². The molecule has 0 aliphatic carbocycles. The molecule has 2 heterocycles. The van der Waals surface area contributed by atoms with Gasteiger partial charge in [-0.3, -0.25) is 14.4 Å². The van der Waals surface area contributed by atoms with Crippen molar-refractivity contribution in [2.75, 3.05) is 9.96 Å². The maximum absolute atomic E-state index is 13.9. The zero-order valence-corrected chi connectivity index (χ0v) is 18.1. The van der Waals surface area contributed by atoms with Crippen molar-refractivity contribution in [3.05, 3.63) is 94.2 Å². The van der Waals surface area contributed by atoms with E-state index in [9.17, 15) is 14.0 Å². The maximum Gasteiger partial charge on any atom is 0.266 e. The second-order valence-corrected chi connectivity index (χ2v) is 8.53. The second-order valence-electron chi connectivity index (χ2n) is 7.68. The van der Waals surface area contributed by atoms with Crippen LogP contribution in [-0.2, 0) is 14.4 Å². The summed E-state index contributed by atoms with van der Waals surface area (Å²) in [5, 5.41) is 1.59. The molecule has 156 valence electrons. The summed E-state index contributed by atoms with van der Waals surface area (Å²) >= 11 is 3.23. The summed E-state index contributed by atoms with van der Waals surface area (Å²) in [6.45, 7) is 1.94. The number of fused-ring (bicyclic) bond motifs is 1. The number of aryl methyl sites for hydroxylation is 1. The lowest BCUT2D eigenvalue weighted by atomic mass is 9.90. The molecule has 0 spiro atoms. The lowest BCUT2D eigenvalue weighted by Crippen LogP contribution is -2.37. The molecule has 0 N–H and O–H groups in total. The van der Waals surface area contributed by atoms with Gasteiger partial charge in [0.25, 0.3) is 5.91 Å². The number of hydrogen-bond donors (Lipinski definition) is 0. The average molecular weight is 481 g/mol. The molecule has 2 fully saturated rings. The predicted octanol–water partition coefficient (Wildman–Crippen LogP) is 4.95. The third-order valence-electron chi connectivity index (χ3n) is 5.70. The Hall–Kier alpha value is -3.03. The van der Waals surface area contributed by atoms with Crippen LogP contribution in [0.25, 0.3) is 0 Å². The van der Waals surface area contributed by atoms with Crippen molar-refractivity contribution in [2.45, 2.75) is 19.1 Å². The molecule has 3 aromatic carbocycles. The molecule has 0 aromatic heterocycles. The summed E-state index contributed by atoms with van der Waals surface area (Å²) in [6, 6.07) is 20.5. The number of carbonyl (C=O) groups is 2. The summed E-state index contributed by atoms with van der Waals surface area (Å²) in [4.78, 5) is 34.0. The van der Waals surface area contributed by atoms with E-state index < -0.39 is 29.8 Å². The minimum Gasteiger partial charge on any atom is -0.273 e. The fourth-order valence-electron chi connectivity index (χ4n) is 4.20. The van der Waals surface area contributed by atoms with Gasteiger partial charge in [0.05, 0.1) is 21.9 Å². The number of anilines is 2. The van der Waals surface area contributed by atoms with Crippen molar-refractivity contribution in [2.24, 2.45) is 5.92 Å². The molecule has 2 aliphatic heterocycles. The van der Waals surface area contributed by atoms with Crippen LogP contribution in [0.3, 0.4) is 0 Å². The number of benzene rings is 3. The van der Waals surface area contributed by atoms with Crippen LogP contribution in [0.5, 0.6) is 0 Å². The van der Waals surface area contributed by atoms with Crippen molar-refractivity contribution >= 4 is 39.1 Å². The highest BCUT2D eigenvalue weighted by atomic mass is 79.9. The molecule has 0 unspecified atom stereocenters. The first-order valence-electron chi connectivity index (χ1n) is 9.86.